The molecule has 0 unspecified atom stereocenters. The monoisotopic (exact) mass is 357 g/mol. The molecule has 1 aromatic heterocycles. The third-order valence-electron chi connectivity index (χ3n) is 5.34. The molecule has 0 spiro atoms. The van der Waals surface area contributed by atoms with Gasteiger partial charge in [0.2, 0.25) is 5.91 Å². The summed E-state index contributed by atoms with van der Waals surface area (Å²) in [6.07, 6.45) is 4.97. The highest BCUT2D eigenvalue weighted by Crippen LogP contribution is 2.26. The number of nitrogens with one attached hydrogen (secondary N) is 1. The zero-order chi connectivity index (χ0) is 18.7. The van der Waals surface area contributed by atoms with Crippen LogP contribution in [0.5, 0.6) is 0 Å². The Morgan fingerprint density at radius 3 is 2.73 bits per heavy atom. The summed E-state index contributed by atoms with van der Waals surface area (Å²) in [4.78, 5) is 25.1. The molecular weight excluding hydrogens is 330 g/mol. The van der Waals surface area contributed by atoms with Crippen molar-refractivity contribution in [3.05, 3.63) is 36.0 Å². The number of carbonyl (C=O) groups excluding carboxylic acids is 1. The van der Waals surface area contributed by atoms with E-state index >= 15 is 0 Å². The third kappa shape index (κ3) is 4.07. The summed E-state index contributed by atoms with van der Waals surface area (Å²) in [6.45, 7) is 2.76. The minimum absolute atomic E-state index is 0.0719. The maximum absolute atomic E-state index is 12.3. The Hall–Kier alpha value is -2.34. The molecule has 1 aromatic carbocycles. The molecule has 6 nitrogen and oxygen atoms in total. The SMILES string of the molecule is CCN(CC(=O)O)C1CC(NC(=O)CCc2cn(C)c3ccccc23)C1. The molecule has 0 radical (unpaired) electrons. The number of aryl methyl sites for hydroxylation is 2. The smallest absolute Gasteiger partial charge is 0.317 e. The number of nitrogens with zero attached hydrogens (tertiary/aromatic N) is 2. The number of likely N-dealkylation sites (N-methyl/N-ethyl adjacent to an activating group) is 1. The molecule has 0 saturated heterocycles. The van der Waals surface area contributed by atoms with Gasteiger partial charge < -0.3 is 15.0 Å². The van der Waals surface area contributed by atoms with Crippen LogP contribution in [0.2, 0.25) is 0 Å². The van der Waals surface area contributed by atoms with E-state index in [4.69, 9.17) is 5.11 Å². The Morgan fingerprint density at radius 2 is 2.04 bits per heavy atom. The van der Waals surface area contributed by atoms with E-state index < -0.39 is 5.97 Å². The lowest BCUT2D eigenvalue weighted by Gasteiger charge is -2.42. The molecule has 2 aromatic rings. The first kappa shape index (κ1) is 18.5. The van der Waals surface area contributed by atoms with Gasteiger partial charge >= 0.3 is 5.97 Å². The number of hydrogen-bond acceptors (Lipinski definition) is 3. The van der Waals surface area contributed by atoms with Crippen LogP contribution in [0.1, 0.15) is 31.7 Å². The first-order valence-corrected chi connectivity index (χ1v) is 9.26. The summed E-state index contributed by atoms with van der Waals surface area (Å²) in [5.74, 6) is -0.725. The van der Waals surface area contributed by atoms with E-state index in [0.29, 0.717) is 6.42 Å². The van der Waals surface area contributed by atoms with E-state index in [1.54, 1.807) is 0 Å². The molecule has 3 rings (SSSR count). The largest absolute Gasteiger partial charge is 0.480 e. The van der Waals surface area contributed by atoms with Gasteiger partial charge in [-0.3, -0.25) is 14.5 Å². The third-order valence-corrected chi connectivity index (χ3v) is 5.34. The molecule has 1 amide bonds. The van der Waals surface area contributed by atoms with Crippen molar-refractivity contribution in [3.63, 3.8) is 0 Å². The summed E-state index contributed by atoms with van der Waals surface area (Å²) >= 11 is 0. The lowest BCUT2D eigenvalue weighted by Crippen LogP contribution is -2.54. The fourth-order valence-corrected chi connectivity index (χ4v) is 3.85. The summed E-state index contributed by atoms with van der Waals surface area (Å²) in [5, 5.41) is 13.2. The van der Waals surface area contributed by atoms with Gasteiger partial charge in [0.15, 0.2) is 0 Å². The predicted molar refractivity (Wildman–Crippen MR) is 101 cm³/mol. The van der Waals surface area contributed by atoms with Crippen LogP contribution in [0, 0.1) is 0 Å². The van der Waals surface area contributed by atoms with Gasteiger partial charge in [0.1, 0.15) is 0 Å². The molecule has 6 heteroatoms. The summed E-state index contributed by atoms with van der Waals surface area (Å²) < 4.78 is 2.10. The van der Waals surface area contributed by atoms with E-state index in [-0.39, 0.29) is 24.5 Å². The van der Waals surface area contributed by atoms with Crippen LogP contribution in [-0.4, -0.2) is 51.6 Å². The molecule has 1 aliphatic carbocycles. The first-order chi connectivity index (χ1) is 12.5. The average Bonchev–Trinajstić information content (AvgIpc) is 2.90. The Morgan fingerprint density at radius 1 is 1.31 bits per heavy atom. The van der Waals surface area contributed by atoms with Crippen LogP contribution in [0.25, 0.3) is 10.9 Å². The Balaban J connectivity index is 1.46. The average molecular weight is 357 g/mol. The number of carboxylic acids is 1. The fraction of sp³-hybridized carbons (Fsp3) is 0.500. The van der Waals surface area contributed by atoms with Gasteiger partial charge in [-0.15, -0.1) is 0 Å². The van der Waals surface area contributed by atoms with E-state index in [2.05, 4.69) is 28.2 Å². The zero-order valence-corrected chi connectivity index (χ0v) is 15.4. The van der Waals surface area contributed by atoms with Gasteiger partial charge in [-0.05, 0) is 37.4 Å². The van der Waals surface area contributed by atoms with Crippen molar-refractivity contribution >= 4 is 22.8 Å². The summed E-state index contributed by atoms with van der Waals surface area (Å²) in [5.41, 5.74) is 2.38. The lowest BCUT2D eigenvalue weighted by atomic mass is 9.85. The summed E-state index contributed by atoms with van der Waals surface area (Å²) in [7, 11) is 2.02. The van der Waals surface area contributed by atoms with Crippen molar-refractivity contribution in [2.45, 2.75) is 44.7 Å². The number of hydrogen-bond donors (Lipinski definition) is 2. The highest BCUT2D eigenvalue weighted by Gasteiger charge is 2.34. The Labute approximate surface area is 153 Å². The summed E-state index contributed by atoms with van der Waals surface area (Å²) in [6, 6.07) is 8.67. The minimum Gasteiger partial charge on any atom is -0.480 e. The standard InChI is InChI=1S/C20H27N3O3/c1-3-23(13-20(25)26)16-10-15(11-16)21-19(24)9-8-14-12-22(2)18-7-5-4-6-17(14)18/h4-7,12,15-16H,3,8-11,13H2,1-2H3,(H,21,24)(H,25,26). The second-order valence-corrected chi connectivity index (χ2v) is 7.13. The van der Waals surface area contributed by atoms with E-state index in [0.717, 1.165) is 25.8 Å². The van der Waals surface area contributed by atoms with Gasteiger partial charge in [-0.1, -0.05) is 25.1 Å². The molecule has 1 heterocycles. The van der Waals surface area contributed by atoms with Gasteiger partial charge in [0.05, 0.1) is 6.54 Å². The van der Waals surface area contributed by atoms with Crippen molar-refractivity contribution in [3.8, 4) is 0 Å². The van der Waals surface area contributed by atoms with Crippen LogP contribution >= 0.6 is 0 Å². The Kier molecular flexibility index (Phi) is 5.61. The topological polar surface area (TPSA) is 74.6 Å². The number of amides is 1. The molecule has 26 heavy (non-hydrogen) atoms. The van der Waals surface area contributed by atoms with E-state index in [1.165, 1.54) is 16.5 Å². The van der Waals surface area contributed by atoms with Gasteiger partial charge in [0.25, 0.3) is 0 Å². The zero-order valence-electron chi connectivity index (χ0n) is 15.4. The number of para-hydroxylation sites is 1. The van der Waals surface area contributed by atoms with Crippen LogP contribution in [0.3, 0.4) is 0 Å². The van der Waals surface area contributed by atoms with Crippen molar-refractivity contribution < 1.29 is 14.7 Å². The molecule has 1 aliphatic rings. The predicted octanol–water partition coefficient (Wildman–Crippen LogP) is 2.16. The second-order valence-electron chi connectivity index (χ2n) is 7.13. The van der Waals surface area contributed by atoms with Crippen molar-refractivity contribution in [2.75, 3.05) is 13.1 Å². The fourth-order valence-electron chi connectivity index (χ4n) is 3.85. The van der Waals surface area contributed by atoms with Crippen molar-refractivity contribution in [1.29, 1.82) is 0 Å². The molecule has 0 atom stereocenters. The second kappa shape index (κ2) is 7.91. The molecule has 0 aliphatic heterocycles. The van der Waals surface area contributed by atoms with Crippen LogP contribution < -0.4 is 5.32 Å². The van der Waals surface area contributed by atoms with Crippen molar-refractivity contribution in [2.24, 2.45) is 7.05 Å². The minimum atomic E-state index is -0.797. The van der Waals surface area contributed by atoms with Crippen LogP contribution in [0.15, 0.2) is 30.5 Å². The van der Waals surface area contributed by atoms with Gasteiger partial charge in [-0.25, -0.2) is 0 Å². The maximum Gasteiger partial charge on any atom is 0.317 e. The molecule has 1 fully saturated rings. The number of fused-ring (bicyclic) bond motifs is 1. The normalized spacial score (nSPS) is 19.5. The first-order valence-electron chi connectivity index (χ1n) is 9.26. The number of carboxylic acid groups (broad SMARTS) is 1. The van der Waals surface area contributed by atoms with E-state index in [1.807, 2.05) is 31.0 Å². The molecule has 1 saturated carbocycles. The quantitative estimate of drug-likeness (QED) is 0.759. The molecular formula is C20H27N3O3. The molecule has 0 bridgehead atoms. The number of aromatic nitrogens is 1. The number of benzene rings is 1. The van der Waals surface area contributed by atoms with Crippen LogP contribution in [0.4, 0.5) is 0 Å². The number of rotatable bonds is 8. The molecule has 2 N–H and O–H groups in total. The maximum atomic E-state index is 12.3. The van der Waals surface area contributed by atoms with Crippen LogP contribution in [-0.2, 0) is 23.1 Å². The highest BCUT2D eigenvalue weighted by molar-refractivity contribution is 5.85. The van der Waals surface area contributed by atoms with Crippen molar-refractivity contribution in [1.82, 2.24) is 14.8 Å². The number of carbonyl (C=O) groups is 2. The number of aliphatic carboxylic acids is 1. The van der Waals surface area contributed by atoms with E-state index in [9.17, 15) is 9.59 Å². The Bertz CT molecular complexity index is 793. The van der Waals surface area contributed by atoms with Gasteiger partial charge in [-0.2, -0.15) is 0 Å². The van der Waals surface area contributed by atoms with Gasteiger partial charge in [0, 0.05) is 42.7 Å². The molecule has 140 valence electrons. The lowest BCUT2D eigenvalue weighted by molar-refractivity contribution is -0.139. The highest BCUT2D eigenvalue weighted by atomic mass is 16.4.